The summed E-state index contributed by atoms with van der Waals surface area (Å²) in [6, 6.07) is 4.33. The number of hydrogen-bond donors (Lipinski definition) is 1. The van der Waals surface area contributed by atoms with Crippen LogP contribution in [-0.4, -0.2) is 18.9 Å². The first-order valence-corrected chi connectivity index (χ1v) is 6.13. The first-order valence-electron chi connectivity index (χ1n) is 5.75. The summed E-state index contributed by atoms with van der Waals surface area (Å²) >= 11 is 5.80. The van der Waals surface area contributed by atoms with Gasteiger partial charge in [0.05, 0.1) is 0 Å². The van der Waals surface area contributed by atoms with E-state index in [1.54, 1.807) is 0 Å². The van der Waals surface area contributed by atoms with Crippen molar-refractivity contribution in [2.24, 2.45) is 11.8 Å². The Labute approximate surface area is 105 Å². The lowest BCUT2D eigenvalue weighted by Gasteiger charge is -2.13. The van der Waals surface area contributed by atoms with Crippen LogP contribution in [0.4, 0.5) is 4.39 Å². The van der Waals surface area contributed by atoms with Crippen molar-refractivity contribution in [1.29, 1.82) is 0 Å². The SMILES string of the molecule is CC1CNCC1C(=O)Cc1cc(Cl)ccc1F. The van der Waals surface area contributed by atoms with Crippen molar-refractivity contribution in [1.82, 2.24) is 5.32 Å². The van der Waals surface area contributed by atoms with Crippen LogP contribution in [0, 0.1) is 17.7 Å². The molecule has 1 N–H and O–H groups in total. The van der Waals surface area contributed by atoms with Crippen LogP contribution in [0.5, 0.6) is 0 Å². The highest BCUT2D eigenvalue weighted by Crippen LogP contribution is 2.21. The van der Waals surface area contributed by atoms with Crippen LogP contribution < -0.4 is 5.32 Å². The largest absolute Gasteiger partial charge is 0.316 e. The van der Waals surface area contributed by atoms with E-state index in [1.807, 2.05) is 6.92 Å². The Morgan fingerprint density at radius 2 is 2.29 bits per heavy atom. The van der Waals surface area contributed by atoms with Crippen molar-refractivity contribution < 1.29 is 9.18 Å². The fourth-order valence-electron chi connectivity index (χ4n) is 2.24. The zero-order valence-electron chi connectivity index (χ0n) is 9.67. The zero-order valence-corrected chi connectivity index (χ0v) is 10.4. The highest BCUT2D eigenvalue weighted by molar-refractivity contribution is 6.30. The summed E-state index contributed by atoms with van der Waals surface area (Å²) in [6.07, 6.45) is 0.128. The summed E-state index contributed by atoms with van der Waals surface area (Å²) in [5, 5.41) is 3.64. The van der Waals surface area contributed by atoms with Gasteiger partial charge in [-0.25, -0.2) is 4.39 Å². The van der Waals surface area contributed by atoms with Gasteiger partial charge in [-0.1, -0.05) is 18.5 Å². The van der Waals surface area contributed by atoms with Gasteiger partial charge in [-0.3, -0.25) is 4.79 Å². The Kier molecular flexibility index (Phi) is 3.79. The van der Waals surface area contributed by atoms with Gasteiger partial charge >= 0.3 is 0 Å². The molecule has 0 amide bonds. The molecule has 4 heteroatoms. The van der Waals surface area contributed by atoms with Crippen LogP contribution in [0.2, 0.25) is 5.02 Å². The van der Waals surface area contributed by atoms with Crippen LogP contribution >= 0.6 is 11.6 Å². The molecule has 1 aliphatic heterocycles. The molecule has 2 nitrogen and oxygen atoms in total. The van der Waals surface area contributed by atoms with E-state index in [4.69, 9.17) is 11.6 Å². The molecule has 0 spiro atoms. The fraction of sp³-hybridized carbons (Fsp3) is 0.462. The molecule has 1 heterocycles. The number of rotatable bonds is 3. The molecule has 2 unspecified atom stereocenters. The first-order chi connectivity index (χ1) is 8.08. The van der Waals surface area contributed by atoms with Gasteiger partial charge in [-0.15, -0.1) is 0 Å². The Balaban J connectivity index is 2.10. The van der Waals surface area contributed by atoms with E-state index in [2.05, 4.69) is 5.32 Å². The van der Waals surface area contributed by atoms with Crippen LogP contribution in [0.1, 0.15) is 12.5 Å². The molecular formula is C13H15ClFNO. The number of carbonyl (C=O) groups excluding carboxylic acids is 1. The molecule has 1 saturated heterocycles. The third-order valence-corrected chi connectivity index (χ3v) is 3.54. The maximum absolute atomic E-state index is 13.5. The molecule has 1 aromatic carbocycles. The Morgan fingerprint density at radius 1 is 1.53 bits per heavy atom. The monoisotopic (exact) mass is 255 g/mol. The molecule has 2 rings (SSSR count). The van der Waals surface area contributed by atoms with Gasteiger partial charge in [0.25, 0.3) is 0 Å². The second-order valence-corrected chi connectivity index (χ2v) is 5.06. The molecular weight excluding hydrogens is 241 g/mol. The van der Waals surface area contributed by atoms with Crippen LogP contribution in [0.15, 0.2) is 18.2 Å². The predicted octanol–water partition coefficient (Wildman–Crippen LogP) is 2.45. The summed E-state index contributed by atoms with van der Waals surface area (Å²) in [6.45, 7) is 3.59. The molecule has 1 aliphatic rings. The maximum atomic E-state index is 13.5. The van der Waals surface area contributed by atoms with Crippen LogP contribution in [0.25, 0.3) is 0 Å². The van der Waals surface area contributed by atoms with Crippen LogP contribution in [-0.2, 0) is 11.2 Å². The van der Waals surface area contributed by atoms with Crippen molar-refractivity contribution in [3.8, 4) is 0 Å². The lowest BCUT2D eigenvalue weighted by Crippen LogP contribution is -2.23. The molecule has 2 atom stereocenters. The molecule has 1 fully saturated rings. The van der Waals surface area contributed by atoms with Crippen molar-refractivity contribution in [3.63, 3.8) is 0 Å². The van der Waals surface area contributed by atoms with E-state index in [9.17, 15) is 9.18 Å². The topological polar surface area (TPSA) is 29.1 Å². The standard InChI is InChI=1S/C13H15ClFNO/c1-8-6-16-7-11(8)13(17)5-9-4-10(14)2-3-12(9)15/h2-4,8,11,16H,5-7H2,1H3. The lowest BCUT2D eigenvalue weighted by molar-refractivity contribution is -0.122. The summed E-state index contributed by atoms with van der Waals surface area (Å²) in [5.74, 6) is 0.0446. The van der Waals surface area contributed by atoms with Gasteiger partial charge in [-0.05, 0) is 36.2 Å². The van der Waals surface area contributed by atoms with Gasteiger partial charge in [0.1, 0.15) is 11.6 Å². The Hall–Kier alpha value is -0.930. The molecule has 0 aromatic heterocycles. The van der Waals surface area contributed by atoms with E-state index in [1.165, 1.54) is 18.2 Å². The normalized spacial score (nSPS) is 23.9. The minimum atomic E-state index is -0.360. The van der Waals surface area contributed by atoms with Gasteiger partial charge in [-0.2, -0.15) is 0 Å². The van der Waals surface area contributed by atoms with Crippen molar-refractivity contribution in [2.75, 3.05) is 13.1 Å². The quantitative estimate of drug-likeness (QED) is 0.899. The number of carbonyl (C=O) groups is 1. The average Bonchev–Trinajstić information content (AvgIpc) is 2.70. The fourth-order valence-corrected chi connectivity index (χ4v) is 2.43. The second kappa shape index (κ2) is 5.15. The third-order valence-electron chi connectivity index (χ3n) is 3.30. The van der Waals surface area contributed by atoms with Gasteiger partial charge < -0.3 is 5.32 Å². The zero-order chi connectivity index (χ0) is 12.4. The van der Waals surface area contributed by atoms with E-state index < -0.39 is 0 Å². The Morgan fingerprint density at radius 3 is 2.94 bits per heavy atom. The van der Waals surface area contributed by atoms with E-state index in [-0.39, 0.29) is 23.9 Å². The molecule has 0 radical (unpaired) electrons. The minimum absolute atomic E-state index is 0.00613. The summed E-state index contributed by atoms with van der Waals surface area (Å²) < 4.78 is 13.5. The van der Waals surface area contributed by atoms with Crippen molar-refractivity contribution in [2.45, 2.75) is 13.3 Å². The molecule has 0 aliphatic carbocycles. The van der Waals surface area contributed by atoms with Crippen LogP contribution in [0.3, 0.4) is 0 Å². The highest BCUT2D eigenvalue weighted by Gasteiger charge is 2.29. The van der Waals surface area contributed by atoms with Gasteiger partial charge in [0.2, 0.25) is 0 Å². The lowest BCUT2D eigenvalue weighted by atomic mass is 9.90. The Bertz CT molecular complexity index is 435. The first kappa shape index (κ1) is 12.5. The summed E-state index contributed by atoms with van der Waals surface area (Å²) in [7, 11) is 0. The second-order valence-electron chi connectivity index (χ2n) is 4.62. The molecule has 0 saturated carbocycles. The molecule has 92 valence electrons. The molecule has 1 aromatic rings. The maximum Gasteiger partial charge on any atom is 0.142 e. The van der Waals surface area contributed by atoms with Crippen molar-refractivity contribution in [3.05, 3.63) is 34.6 Å². The number of hydrogen-bond acceptors (Lipinski definition) is 2. The predicted molar refractivity (Wildman–Crippen MR) is 65.6 cm³/mol. The minimum Gasteiger partial charge on any atom is -0.316 e. The van der Waals surface area contributed by atoms with Crippen molar-refractivity contribution >= 4 is 17.4 Å². The van der Waals surface area contributed by atoms with E-state index in [0.717, 1.165) is 6.54 Å². The molecule has 17 heavy (non-hydrogen) atoms. The number of nitrogens with one attached hydrogen (secondary N) is 1. The van der Waals surface area contributed by atoms with Gasteiger partial charge in [0, 0.05) is 23.9 Å². The summed E-state index contributed by atoms with van der Waals surface area (Å²) in [4.78, 5) is 12.0. The number of Topliss-reactive ketones (excluding diaryl/α,β-unsaturated/α-hetero) is 1. The smallest absolute Gasteiger partial charge is 0.142 e. The highest BCUT2D eigenvalue weighted by atomic mass is 35.5. The van der Waals surface area contributed by atoms with Gasteiger partial charge in [0.15, 0.2) is 0 Å². The number of halogens is 2. The van der Waals surface area contributed by atoms with E-state index in [0.29, 0.717) is 23.0 Å². The molecule has 0 bridgehead atoms. The number of ketones is 1. The van der Waals surface area contributed by atoms with E-state index >= 15 is 0 Å². The average molecular weight is 256 g/mol. The third kappa shape index (κ3) is 2.85. The number of benzene rings is 1. The summed E-state index contributed by atoms with van der Waals surface area (Å²) in [5.41, 5.74) is 0.390.